The molecule has 21 heavy (non-hydrogen) atoms. The minimum absolute atomic E-state index is 0.117. The summed E-state index contributed by atoms with van der Waals surface area (Å²) in [5.74, 6) is 0.477. The van der Waals surface area contributed by atoms with E-state index in [1.807, 2.05) is 34.7 Å². The third kappa shape index (κ3) is 2.90. The summed E-state index contributed by atoms with van der Waals surface area (Å²) in [7, 11) is 0. The fraction of sp³-hybridized carbons (Fsp3) is 0.467. The maximum atomic E-state index is 12.8. The normalized spacial score (nSPS) is 19.0. The van der Waals surface area contributed by atoms with E-state index in [-0.39, 0.29) is 5.91 Å². The highest BCUT2D eigenvalue weighted by atomic mass is 79.9. The van der Waals surface area contributed by atoms with Crippen molar-refractivity contribution in [3.63, 3.8) is 0 Å². The Kier molecular flexibility index (Phi) is 4.14. The zero-order valence-corrected chi connectivity index (χ0v) is 13.6. The first kappa shape index (κ1) is 14.4. The van der Waals surface area contributed by atoms with Crippen molar-refractivity contribution in [2.75, 3.05) is 13.1 Å². The van der Waals surface area contributed by atoms with Crippen molar-refractivity contribution in [1.29, 1.82) is 0 Å². The van der Waals surface area contributed by atoms with Crippen LogP contribution in [0, 0.1) is 0 Å². The highest BCUT2D eigenvalue weighted by Crippen LogP contribution is 2.27. The molecule has 1 atom stereocenters. The molecule has 2 aromatic heterocycles. The summed E-state index contributed by atoms with van der Waals surface area (Å²) in [5.41, 5.74) is 1.88. The van der Waals surface area contributed by atoms with Crippen molar-refractivity contribution in [2.45, 2.75) is 32.2 Å². The van der Waals surface area contributed by atoms with Gasteiger partial charge in [-0.1, -0.05) is 0 Å². The van der Waals surface area contributed by atoms with Crippen LogP contribution < -0.4 is 0 Å². The molecule has 1 unspecified atom stereocenters. The highest BCUT2D eigenvalue weighted by Gasteiger charge is 2.27. The molecule has 1 fully saturated rings. The van der Waals surface area contributed by atoms with Crippen LogP contribution >= 0.6 is 15.9 Å². The quantitative estimate of drug-likeness (QED) is 0.924. The Hall–Kier alpha value is -1.56. The number of halogens is 1. The third-order valence-corrected chi connectivity index (χ3v) is 4.53. The second kappa shape index (κ2) is 6.05. The average molecular weight is 351 g/mol. The number of carbonyl (C=O) groups is 1. The molecule has 5 nitrogen and oxygen atoms in total. The molecule has 0 aromatic carbocycles. The van der Waals surface area contributed by atoms with Crippen LogP contribution in [0.15, 0.2) is 29.0 Å². The molecule has 0 aliphatic carbocycles. The molecule has 1 amide bonds. The van der Waals surface area contributed by atoms with Gasteiger partial charge in [0.05, 0.1) is 0 Å². The molecule has 3 rings (SSSR count). The molecule has 1 aliphatic rings. The lowest BCUT2D eigenvalue weighted by molar-refractivity contribution is 0.0695. The molecule has 0 radical (unpaired) electrons. The number of amides is 1. The van der Waals surface area contributed by atoms with Gasteiger partial charge >= 0.3 is 0 Å². The maximum Gasteiger partial charge on any atom is 0.270 e. The Morgan fingerprint density at radius 2 is 2.43 bits per heavy atom. The Bertz CT molecular complexity index is 620. The van der Waals surface area contributed by atoms with Gasteiger partial charge in [0.15, 0.2) is 0 Å². The van der Waals surface area contributed by atoms with Crippen LogP contribution in [0.5, 0.6) is 0 Å². The lowest BCUT2D eigenvalue weighted by Gasteiger charge is -2.32. The Morgan fingerprint density at radius 1 is 1.57 bits per heavy atom. The van der Waals surface area contributed by atoms with Gasteiger partial charge in [0.2, 0.25) is 0 Å². The summed E-state index contributed by atoms with van der Waals surface area (Å²) in [5, 5.41) is 7.05. The van der Waals surface area contributed by atoms with Crippen LogP contribution in [-0.4, -0.2) is 38.7 Å². The van der Waals surface area contributed by atoms with E-state index in [4.69, 9.17) is 0 Å². The summed E-state index contributed by atoms with van der Waals surface area (Å²) < 4.78 is 2.95. The smallest absolute Gasteiger partial charge is 0.270 e. The molecule has 1 aliphatic heterocycles. The number of H-pyrrole nitrogens is 1. The summed E-state index contributed by atoms with van der Waals surface area (Å²) in [6.45, 7) is 4.43. The summed E-state index contributed by atoms with van der Waals surface area (Å²) in [6, 6.07) is 3.91. The van der Waals surface area contributed by atoms with E-state index >= 15 is 0 Å². The zero-order valence-electron chi connectivity index (χ0n) is 12.1. The van der Waals surface area contributed by atoms with E-state index in [1.54, 1.807) is 6.20 Å². The number of aryl methyl sites for hydroxylation is 1. The van der Waals surface area contributed by atoms with Gasteiger partial charge in [0.25, 0.3) is 5.91 Å². The number of likely N-dealkylation sites (tertiary alicyclic amines) is 1. The first-order chi connectivity index (χ1) is 10.2. The van der Waals surface area contributed by atoms with Gasteiger partial charge in [0, 0.05) is 48.1 Å². The standard InChI is InChI=1S/C15H19BrN4O/c1-2-19-10-12(16)8-14(19)15(21)20-7-3-4-11(9-20)13-5-6-17-18-13/h5-6,8,10-11H,2-4,7,9H2,1H3,(H,17,18). The Morgan fingerprint density at radius 3 is 3.14 bits per heavy atom. The predicted molar refractivity (Wildman–Crippen MR) is 84.3 cm³/mol. The van der Waals surface area contributed by atoms with E-state index in [0.717, 1.165) is 48.3 Å². The average Bonchev–Trinajstić information content (AvgIpc) is 3.15. The minimum Gasteiger partial charge on any atom is -0.343 e. The lowest BCUT2D eigenvalue weighted by Crippen LogP contribution is -2.40. The molecule has 112 valence electrons. The number of piperidine rings is 1. The van der Waals surface area contributed by atoms with Gasteiger partial charge in [-0.25, -0.2) is 0 Å². The Labute approximate surface area is 132 Å². The second-order valence-electron chi connectivity index (χ2n) is 5.43. The van der Waals surface area contributed by atoms with Crippen LogP contribution in [0.1, 0.15) is 41.9 Å². The Balaban J connectivity index is 1.78. The third-order valence-electron chi connectivity index (χ3n) is 4.09. The van der Waals surface area contributed by atoms with Crippen LogP contribution in [0.4, 0.5) is 0 Å². The highest BCUT2D eigenvalue weighted by molar-refractivity contribution is 9.10. The van der Waals surface area contributed by atoms with Gasteiger partial charge in [-0.15, -0.1) is 0 Å². The lowest BCUT2D eigenvalue weighted by atomic mass is 9.95. The summed E-state index contributed by atoms with van der Waals surface area (Å²) >= 11 is 3.45. The van der Waals surface area contributed by atoms with E-state index in [1.165, 1.54) is 0 Å². The van der Waals surface area contributed by atoms with E-state index in [9.17, 15) is 4.79 Å². The molecule has 3 heterocycles. The molecular weight excluding hydrogens is 332 g/mol. The van der Waals surface area contributed by atoms with Crippen LogP contribution in [0.2, 0.25) is 0 Å². The molecule has 1 N–H and O–H groups in total. The van der Waals surface area contributed by atoms with Gasteiger partial charge < -0.3 is 9.47 Å². The molecule has 0 bridgehead atoms. The van der Waals surface area contributed by atoms with Crippen molar-refractivity contribution in [1.82, 2.24) is 19.7 Å². The van der Waals surface area contributed by atoms with Crippen LogP contribution in [0.3, 0.4) is 0 Å². The molecule has 2 aromatic rings. The molecule has 6 heteroatoms. The van der Waals surface area contributed by atoms with E-state index in [2.05, 4.69) is 26.1 Å². The van der Waals surface area contributed by atoms with Crippen molar-refractivity contribution in [3.8, 4) is 0 Å². The number of carbonyl (C=O) groups excluding carboxylic acids is 1. The van der Waals surface area contributed by atoms with Crippen LogP contribution in [-0.2, 0) is 6.54 Å². The maximum absolute atomic E-state index is 12.8. The zero-order chi connectivity index (χ0) is 14.8. The molecule has 0 saturated carbocycles. The van der Waals surface area contributed by atoms with Crippen molar-refractivity contribution in [2.24, 2.45) is 0 Å². The number of hydrogen-bond acceptors (Lipinski definition) is 2. The van der Waals surface area contributed by atoms with E-state index < -0.39 is 0 Å². The van der Waals surface area contributed by atoms with E-state index in [0.29, 0.717) is 5.92 Å². The number of nitrogens with zero attached hydrogens (tertiary/aromatic N) is 3. The van der Waals surface area contributed by atoms with Crippen molar-refractivity contribution < 1.29 is 4.79 Å². The predicted octanol–water partition coefficient (Wildman–Crippen LogP) is 3.01. The van der Waals surface area contributed by atoms with Crippen molar-refractivity contribution >= 4 is 21.8 Å². The molecular formula is C15H19BrN4O. The van der Waals surface area contributed by atoms with Crippen LogP contribution in [0.25, 0.3) is 0 Å². The number of aromatic nitrogens is 3. The summed E-state index contributed by atoms with van der Waals surface area (Å²) in [4.78, 5) is 14.7. The van der Waals surface area contributed by atoms with Gasteiger partial charge in [0.1, 0.15) is 5.69 Å². The summed E-state index contributed by atoms with van der Waals surface area (Å²) in [6.07, 6.45) is 5.87. The van der Waals surface area contributed by atoms with Gasteiger partial charge in [-0.3, -0.25) is 9.89 Å². The monoisotopic (exact) mass is 350 g/mol. The first-order valence-corrected chi connectivity index (χ1v) is 8.12. The largest absolute Gasteiger partial charge is 0.343 e. The number of rotatable bonds is 3. The topological polar surface area (TPSA) is 53.9 Å². The molecule has 0 spiro atoms. The molecule has 1 saturated heterocycles. The number of aromatic amines is 1. The number of hydrogen-bond donors (Lipinski definition) is 1. The van der Waals surface area contributed by atoms with Gasteiger partial charge in [-0.05, 0) is 47.8 Å². The first-order valence-electron chi connectivity index (χ1n) is 7.33. The minimum atomic E-state index is 0.117. The van der Waals surface area contributed by atoms with Gasteiger partial charge in [-0.2, -0.15) is 5.10 Å². The SMILES string of the molecule is CCn1cc(Br)cc1C(=O)N1CCCC(c2ccn[nH]2)C1. The second-order valence-corrected chi connectivity index (χ2v) is 6.35. The number of nitrogens with one attached hydrogen (secondary N) is 1. The van der Waals surface area contributed by atoms with Crippen molar-refractivity contribution in [3.05, 3.63) is 40.4 Å². The fourth-order valence-electron chi connectivity index (χ4n) is 2.99. The fourth-order valence-corrected chi connectivity index (χ4v) is 3.45.